The second-order valence-corrected chi connectivity index (χ2v) is 6.78. The van der Waals surface area contributed by atoms with E-state index in [2.05, 4.69) is 4.98 Å². The zero-order valence-electron chi connectivity index (χ0n) is 12.1. The third kappa shape index (κ3) is 2.11. The second-order valence-electron chi connectivity index (χ2n) is 6.39. The molecule has 4 rings (SSSR count). The van der Waals surface area contributed by atoms with Crippen molar-refractivity contribution in [2.45, 2.75) is 63.5 Å². The van der Waals surface area contributed by atoms with Crippen LogP contribution in [0.1, 0.15) is 63.5 Å². The molecule has 0 bridgehead atoms. The number of aromatic nitrogens is 3. The molecule has 2 aliphatic carbocycles. The standard InChI is InChI=1S/C16H20ClN3O/c17-15-9-13-14(10-18-15)20(12-7-3-4-8-12)16(21)19(13)11-5-1-2-6-11/h9-12H,1-8H2. The predicted octanol–water partition coefficient (Wildman–Crippen LogP) is 4.08. The Hall–Kier alpha value is -1.29. The molecule has 0 amide bonds. The fourth-order valence-electron chi connectivity index (χ4n) is 4.14. The molecule has 5 heteroatoms. The minimum absolute atomic E-state index is 0.146. The molecule has 2 aromatic rings. The van der Waals surface area contributed by atoms with Crippen LogP contribution in [-0.4, -0.2) is 14.1 Å². The van der Waals surface area contributed by atoms with Gasteiger partial charge in [-0.3, -0.25) is 9.13 Å². The van der Waals surface area contributed by atoms with Crippen molar-refractivity contribution in [1.82, 2.24) is 14.1 Å². The van der Waals surface area contributed by atoms with Crippen LogP contribution >= 0.6 is 11.6 Å². The first-order valence-corrected chi connectivity index (χ1v) is 8.41. The maximum absolute atomic E-state index is 13.0. The summed E-state index contributed by atoms with van der Waals surface area (Å²) in [5.41, 5.74) is 2.08. The van der Waals surface area contributed by atoms with Crippen LogP contribution in [0.5, 0.6) is 0 Å². The van der Waals surface area contributed by atoms with Crippen LogP contribution in [0, 0.1) is 0 Å². The third-order valence-electron chi connectivity index (χ3n) is 5.14. The summed E-state index contributed by atoms with van der Waals surface area (Å²) < 4.78 is 3.98. The number of fused-ring (bicyclic) bond motifs is 1. The van der Waals surface area contributed by atoms with Gasteiger partial charge in [-0.1, -0.05) is 37.3 Å². The number of hydrogen-bond acceptors (Lipinski definition) is 2. The molecule has 4 nitrogen and oxygen atoms in total. The van der Waals surface area contributed by atoms with Crippen molar-refractivity contribution in [3.63, 3.8) is 0 Å². The minimum atomic E-state index is 0.146. The molecule has 2 saturated carbocycles. The lowest BCUT2D eigenvalue weighted by molar-refractivity contribution is 0.464. The first kappa shape index (κ1) is 13.4. The van der Waals surface area contributed by atoms with Crippen LogP contribution < -0.4 is 5.69 Å². The van der Waals surface area contributed by atoms with Crippen LogP contribution in [0.4, 0.5) is 0 Å². The second kappa shape index (κ2) is 5.16. The van der Waals surface area contributed by atoms with Crippen molar-refractivity contribution in [2.24, 2.45) is 0 Å². The Morgan fingerprint density at radius 2 is 1.48 bits per heavy atom. The molecule has 0 radical (unpaired) electrons. The molecule has 2 fully saturated rings. The van der Waals surface area contributed by atoms with E-state index in [4.69, 9.17) is 11.6 Å². The molecule has 0 saturated heterocycles. The number of imidazole rings is 1. The highest BCUT2D eigenvalue weighted by atomic mass is 35.5. The molecule has 0 unspecified atom stereocenters. The van der Waals surface area contributed by atoms with E-state index in [1.807, 2.05) is 15.2 Å². The number of halogens is 1. The summed E-state index contributed by atoms with van der Waals surface area (Å²) in [4.78, 5) is 17.2. The molecule has 0 aliphatic heterocycles. The Bertz CT molecular complexity index is 721. The van der Waals surface area contributed by atoms with Crippen molar-refractivity contribution in [1.29, 1.82) is 0 Å². The fourth-order valence-corrected chi connectivity index (χ4v) is 4.30. The third-order valence-corrected chi connectivity index (χ3v) is 5.35. The Kier molecular flexibility index (Phi) is 3.29. The average Bonchev–Trinajstić information content (AvgIpc) is 3.17. The van der Waals surface area contributed by atoms with Gasteiger partial charge < -0.3 is 0 Å². The lowest BCUT2D eigenvalue weighted by atomic mass is 10.2. The summed E-state index contributed by atoms with van der Waals surface area (Å²) in [5, 5.41) is 0.470. The summed E-state index contributed by atoms with van der Waals surface area (Å²) in [7, 11) is 0. The Labute approximate surface area is 128 Å². The SMILES string of the molecule is O=c1n(C2CCCC2)c2cnc(Cl)cc2n1C1CCCC1. The lowest BCUT2D eigenvalue weighted by Crippen LogP contribution is -2.28. The molecule has 0 N–H and O–H groups in total. The van der Waals surface area contributed by atoms with E-state index in [9.17, 15) is 4.79 Å². The van der Waals surface area contributed by atoms with Gasteiger partial charge in [-0.2, -0.15) is 0 Å². The average molecular weight is 306 g/mol. The van der Waals surface area contributed by atoms with Gasteiger partial charge in [-0.15, -0.1) is 0 Å². The van der Waals surface area contributed by atoms with Gasteiger partial charge in [-0.05, 0) is 25.7 Å². The van der Waals surface area contributed by atoms with Crippen molar-refractivity contribution < 1.29 is 0 Å². The van der Waals surface area contributed by atoms with Crippen LogP contribution in [0.15, 0.2) is 17.1 Å². The van der Waals surface area contributed by atoms with Gasteiger partial charge in [0.15, 0.2) is 0 Å². The van der Waals surface area contributed by atoms with Crippen LogP contribution in [0.3, 0.4) is 0 Å². The van der Waals surface area contributed by atoms with Gasteiger partial charge in [0.05, 0.1) is 17.2 Å². The van der Waals surface area contributed by atoms with Crippen molar-refractivity contribution in [2.75, 3.05) is 0 Å². The van der Waals surface area contributed by atoms with Gasteiger partial charge >= 0.3 is 5.69 Å². The zero-order chi connectivity index (χ0) is 14.4. The smallest absolute Gasteiger partial charge is 0.289 e. The number of rotatable bonds is 2. The van der Waals surface area contributed by atoms with Gasteiger partial charge in [0.1, 0.15) is 5.15 Å². The van der Waals surface area contributed by atoms with E-state index < -0.39 is 0 Å². The molecular weight excluding hydrogens is 286 g/mol. The van der Waals surface area contributed by atoms with E-state index in [1.165, 1.54) is 25.7 Å². The number of pyridine rings is 1. The topological polar surface area (TPSA) is 39.8 Å². The fraction of sp³-hybridized carbons (Fsp3) is 0.625. The van der Waals surface area contributed by atoms with Crippen LogP contribution in [-0.2, 0) is 0 Å². The largest absolute Gasteiger partial charge is 0.329 e. The zero-order valence-corrected chi connectivity index (χ0v) is 12.9. The normalized spacial score (nSPS) is 20.8. The summed E-state index contributed by atoms with van der Waals surface area (Å²) in [5.74, 6) is 0. The molecular formula is C16H20ClN3O. The van der Waals surface area contributed by atoms with Gasteiger partial charge in [0.2, 0.25) is 0 Å². The lowest BCUT2D eigenvalue weighted by Gasteiger charge is -2.12. The summed E-state index contributed by atoms with van der Waals surface area (Å²) >= 11 is 6.08. The summed E-state index contributed by atoms with van der Waals surface area (Å²) in [6, 6.07) is 2.54. The highest BCUT2D eigenvalue weighted by Gasteiger charge is 2.28. The highest BCUT2D eigenvalue weighted by Crippen LogP contribution is 2.35. The number of hydrogen-bond donors (Lipinski definition) is 0. The number of nitrogens with zero attached hydrogens (tertiary/aromatic N) is 3. The molecule has 2 aliphatic rings. The quantitative estimate of drug-likeness (QED) is 0.784. The van der Waals surface area contributed by atoms with Gasteiger partial charge in [0, 0.05) is 18.2 Å². The monoisotopic (exact) mass is 305 g/mol. The van der Waals surface area contributed by atoms with E-state index >= 15 is 0 Å². The van der Waals surface area contributed by atoms with Crippen molar-refractivity contribution >= 4 is 22.6 Å². The van der Waals surface area contributed by atoms with E-state index in [1.54, 1.807) is 6.20 Å². The Balaban J connectivity index is 1.96. The van der Waals surface area contributed by atoms with Crippen LogP contribution in [0.25, 0.3) is 11.0 Å². The van der Waals surface area contributed by atoms with E-state index in [0.717, 1.165) is 36.7 Å². The van der Waals surface area contributed by atoms with Gasteiger partial charge in [0.25, 0.3) is 0 Å². The highest BCUT2D eigenvalue weighted by molar-refractivity contribution is 6.29. The molecule has 2 heterocycles. The molecule has 0 aromatic carbocycles. The van der Waals surface area contributed by atoms with Gasteiger partial charge in [-0.25, -0.2) is 9.78 Å². The first-order chi connectivity index (χ1) is 10.3. The molecule has 2 aromatic heterocycles. The van der Waals surface area contributed by atoms with Crippen molar-refractivity contribution in [3.05, 3.63) is 27.9 Å². The molecule has 112 valence electrons. The van der Waals surface area contributed by atoms with E-state index in [-0.39, 0.29) is 5.69 Å². The maximum atomic E-state index is 13.0. The first-order valence-electron chi connectivity index (χ1n) is 8.03. The van der Waals surface area contributed by atoms with E-state index in [0.29, 0.717) is 17.2 Å². The van der Waals surface area contributed by atoms with Crippen LogP contribution in [0.2, 0.25) is 5.15 Å². The Morgan fingerprint density at radius 3 is 2.05 bits per heavy atom. The predicted molar refractivity (Wildman–Crippen MR) is 84.0 cm³/mol. The summed E-state index contributed by atoms with van der Waals surface area (Å²) in [6.07, 6.45) is 11.1. The summed E-state index contributed by atoms with van der Waals surface area (Å²) in [6.45, 7) is 0. The molecule has 21 heavy (non-hydrogen) atoms. The Morgan fingerprint density at radius 1 is 0.952 bits per heavy atom. The maximum Gasteiger partial charge on any atom is 0.329 e. The minimum Gasteiger partial charge on any atom is -0.289 e. The molecule has 0 spiro atoms. The molecule has 0 atom stereocenters. The van der Waals surface area contributed by atoms with Crippen molar-refractivity contribution in [3.8, 4) is 0 Å².